The maximum atomic E-state index is 4.34. The van der Waals surface area contributed by atoms with Gasteiger partial charge in [0.05, 0.1) is 0 Å². The molecule has 0 bridgehead atoms. The summed E-state index contributed by atoms with van der Waals surface area (Å²) in [4.78, 5) is 4.34. The van der Waals surface area contributed by atoms with E-state index in [1.54, 1.807) is 0 Å². The smallest absolute Gasteiger partial charge is 0.0440 e. The largest absolute Gasteiger partial charge is 0.261 e. The summed E-state index contributed by atoms with van der Waals surface area (Å²) >= 11 is 0. The molecule has 0 spiro atoms. The van der Waals surface area contributed by atoms with Gasteiger partial charge in [-0.15, -0.1) is 0 Å². The third-order valence-electron chi connectivity index (χ3n) is 2.11. The Bertz CT molecular complexity index is 267. The van der Waals surface area contributed by atoms with E-state index >= 15 is 0 Å². The highest BCUT2D eigenvalue weighted by molar-refractivity contribution is 5.72. The highest BCUT2D eigenvalue weighted by Gasteiger charge is 2.13. The van der Waals surface area contributed by atoms with E-state index in [1.807, 2.05) is 12.3 Å². The van der Waals surface area contributed by atoms with Crippen molar-refractivity contribution in [3.63, 3.8) is 0 Å². The zero-order valence-corrected chi connectivity index (χ0v) is 9.11. The van der Waals surface area contributed by atoms with Crippen LogP contribution in [0.25, 0.3) is 0 Å². The molecule has 1 aliphatic carbocycles. The maximum absolute atomic E-state index is 4.34. The molecule has 0 aromatic rings. The molecule has 1 atom stereocenters. The monoisotopic (exact) mass is 205 g/mol. The second-order valence-corrected chi connectivity index (χ2v) is 3.60. The molecule has 1 heteroatoms. The quantitative estimate of drug-likeness (QED) is 0.551. The van der Waals surface area contributed by atoms with E-state index in [9.17, 15) is 0 Å². The van der Waals surface area contributed by atoms with Gasteiger partial charge in [-0.3, -0.25) is 4.99 Å². The summed E-state index contributed by atoms with van der Waals surface area (Å²) in [6.07, 6.45) is 16.0. The molecule has 0 radical (unpaired) electrons. The molecule has 0 saturated heterocycles. The molecule has 0 amide bonds. The lowest BCUT2D eigenvalue weighted by Crippen LogP contribution is -2.01. The average Bonchev–Trinajstić information content (AvgIpc) is 2.43. The van der Waals surface area contributed by atoms with Crippen LogP contribution in [0.1, 0.15) is 40.5 Å². The molecular weight excluding hydrogens is 182 g/mol. The van der Waals surface area contributed by atoms with Crippen molar-refractivity contribution in [1.82, 2.24) is 0 Å². The molecule has 0 N–H and O–H groups in total. The fourth-order valence-electron chi connectivity index (χ4n) is 1.46. The van der Waals surface area contributed by atoms with Crippen molar-refractivity contribution in [2.45, 2.75) is 40.5 Å². The number of hydrogen-bond acceptors (Lipinski definition) is 1. The molecule has 2 rings (SSSR count). The van der Waals surface area contributed by atoms with Gasteiger partial charge in [-0.1, -0.05) is 45.9 Å². The Labute approximate surface area is 94.3 Å². The van der Waals surface area contributed by atoms with E-state index in [0.29, 0.717) is 5.92 Å². The number of fused-ring (bicyclic) bond motifs is 1. The van der Waals surface area contributed by atoms with Crippen LogP contribution in [0.2, 0.25) is 0 Å². The van der Waals surface area contributed by atoms with Crippen LogP contribution in [0, 0.1) is 5.92 Å². The second kappa shape index (κ2) is 8.22. The fourth-order valence-corrected chi connectivity index (χ4v) is 1.46. The standard InChI is InChI=1S/C10H11N.C3H8.CH4/c1-2-7-10-9(5-1)6-3-4-8-11-10;1-3-2;/h1-4,7-9H,5-6H2;3H2,1-2H3;1H4. The SMILES string of the molecule is C.C1=CCC2CC=CC=C2N=C1.CCC. The average molecular weight is 205 g/mol. The van der Waals surface area contributed by atoms with E-state index in [4.69, 9.17) is 0 Å². The third-order valence-corrected chi connectivity index (χ3v) is 2.11. The molecule has 1 unspecified atom stereocenters. The maximum Gasteiger partial charge on any atom is 0.0440 e. The number of rotatable bonds is 0. The molecule has 0 aromatic heterocycles. The predicted molar refractivity (Wildman–Crippen MR) is 70.3 cm³/mol. The Hall–Kier alpha value is -1.11. The van der Waals surface area contributed by atoms with Crippen LogP contribution in [0.3, 0.4) is 0 Å². The summed E-state index contributed by atoms with van der Waals surface area (Å²) in [6.45, 7) is 4.25. The predicted octanol–water partition coefficient (Wildman–Crippen LogP) is 4.53. The molecule has 1 heterocycles. The minimum Gasteiger partial charge on any atom is -0.261 e. The van der Waals surface area contributed by atoms with Crippen molar-refractivity contribution in [3.8, 4) is 0 Å². The first-order chi connectivity index (χ1) is 6.88. The van der Waals surface area contributed by atoms with E-state index in [2.05, 4.69) is 43.1 Å². The molecular formula is C14H23N. The summed E-state index contributed by atoms with van der Waals surface area (Å²) in [6, 6.07) is 0. The van der Waals surface area contributed by atoms with Crippen LogP contribution in [0.4, 0.5) is 0 Å². The number of aliphatic imine (C=N–C) groups is 1. The molecule has 15 heavy (non-hydrogen) atoms. The Kier molecular flexibility index (Phi) is 7.61. The number of nitrogens with zero attached hydrogens (tertiary/aromatic N) is 1. The minimum atomic E-state index is 0. The topological polar surface area (TPSA) is 12.4 Å². The van der Waals surface area contributed by atoms with Crippen LogP contribution in [0.15, 0.2) is 41.1 Å². The van der Waals surface area contributed by atoms with Gasteiger partial charge < -0.3 is 0 Å². The summed E-state index contributed by atoms with van der Waals surface area (Å²) in [5.74, 6) is 0.634. The van der Waals surface area contributed by atoms with Crippen LogP contribution in [0.5, 0.6) is 0 Å². The van der Waals surface area contributed by atoms with Crippen LogP contribution >= 0.6 is 0 Å². The zero-order chi connectivity index (χ0) is 10.2. The van der Waals surface area contributed by atoms with Gasteiger partial charge in [0.2, 0.25) is 0 Å². The van der Waals surface area contributed by atoms with Crippen molar-refractivity contribution in [3.05, 3.63) is 36.1 Å². The molecule has 1 aliphatic heterocycles. The van der Waals surface area contributed by atoms with Crippen molar-refractivity contribution >= 4 is 6.21 Å². The zero-order valence-electron chi connectivity index (χ0n) is 9.11. The van der Waals surface area contributed by atoms with Crippen molar-refractivity contribution in [2.24, 2.45) is 10.9 Å². The first-order valence-corrected chi connectivity index (χ1v) is 5.44. The molecule has 2 aliphatic rings. The highest BCUT2D eigenvalue weighted by Crippen LogP contribution is 2.25. The first-order valence-electron chi connectivity index (χ1n) is 5.44. The summed E-state index contributed by atoms with van der Waals surface area (Å²) in [5, 5.41) is 0. The van der Waals surface area contributed by atoms with E-state index in [0.717, 1.165) is 12.8 Å². The van der Waals surface area contributed by atoms with Gasteiger partial charge in [-0.25, -0.2) is 0 Å². The van der Waals surface area contributed by atoms with Crippen molar-refractivity contribution in [1.29, 1.82) is 0 Å². The molecule has 0 saturated carbocycles. The Morgan fingerprint density at radius 2 is 1.80 bits per heavy atom. The van der Waals surface area contributed by atoms with Gasteiger partial charge in [0.15, 0.2) is 0 Å². The summed E-state index contributed by atoms with van der Waals surface area (Å²) < 4.78 is 0. The summed E-state index contributed by atoms with van der Waals surface area (Å²) in [7, 11) is 0. The lowest BCUT2D eigenvalue weighted by molar-refractivity contribution is 0.623. The third kappa shape index (κ3) is 4.78. The van der Waals surface area contributed by atoms with Crippen molar-refractivity contribution in [2.75, 3.05) is 0 Å². The lowest BCUT2D eigenvalue weighted by Gasteiger charge is -2.14. The first kappa shape index (κ1) is 13.9. The number of allylic oxidation sites excluding steroid dienone is 6. The van der Waals surface area contributed by atoms with Crippen LogP contribution in [-0.2, 0) is 0 Å². The number of hydrogen-bond donors (Lipinski definition) is 0. The van der Waals surface area contributed by atoms with Gasteiger partial charge >= 0.3 is 0 Å². The molecule has 0 aromatic carbocycles. The van der Waals surface area contributed by atoms with Crippen molar-refractivity contribution < 1.29 is 0 Å². The highest BCUT2D eigenvalue weighted by atomic mass is 14.7. The molecule has 1 nitrogen and oxygen atoms in total. The molecule has 0 fully saturated rings. The van der Waals surface area contributed by atoms with Crippen LogP contribution in [-0.4, -0.2) is 6.21 Å². The van der Waals surface area contributed by atoms with Gasteiger partial charge in [0, 0.05) is 17.8 Å². The summed E-state index contributed by atoms with van der Waals surface area (Å²) in [5.41, 5.74) is 1.23. The Balaban J connectivity index is 0.000000443. The van der Waals surface area contributed by atoms with Gasteiger partial charge in [0.1, 0.15) is 0 Å². The minimum absolute atomic E-state index is 0. The van der Waals surface area contributed by atoms with Gasteiger partial charge in [-0.05, 0) is 25.0 Å². The second-order valence-electron chi connectivity index (χ2n) is 3.60. The molecule has 84 valence electrons. The van der Waals surface area contributed by atoms with E-state index < -0.39 is 0 Å². The Morgan fingerprint density at radius 3 is 2.47 bits per heavy atom. The fraction of sp³-hybridized carbons (Fsp3) is 0.500. The normalized spacial score (nSPS) is 21.5. The van der Waals surface area contributed by atoms with Gasteiger partial charge in [-0.2, -0.15) is 0 Å². The van der Waals surface area contributed by atoms with Crippen LogP contribution < -0.4 is 0 Å². The Morgan fingerprint density at radius 1 is 1.20 bits per heavy atom. The van der Waals surface area contributed by atoms with Gasteiger partial charge in [0.25, 0.3) is 0 Å². The lowest BCUT2D eigenvalue weighted by atomic mass is 9.94. The van der Waals surface area contributed by atoms with E-state index in [-0.39, 0.29) is 7.43 Å². The van der Waals surface area contributed by atoms with E-state index in [1.165, 1.54) is 12.1 Å².